The maximum Gasteiger partial charge on any atom is 0.236 e. The summed E-state index contributed by atoms with van der Waals surface area (Å²) >= 11 is 6.02. The number of nitrogens with two attached hydrogens (primary N) is 1. The normalized spacial score (nSPS) is 16.8. The molecule has 1 amide bonds. The second-order valence-electron chi connectivity index (χ2n) is 5.70. The van der Waals surface area contributed by atoms with E-state index in [1.807, 2.05) is 0 Å². The summed E-state index contributed by atoms with van der Waals surface area (Å²) in [6.07, 6.45) is 3.07. The highest BCUT2D eigenvalue weighted by Gasteiger charge is 2.32. The third kappa shape index (κ3) is 2.81. The number of halogens is 1. The van der Waals surface area contributed by atoms with Crippen LogP contribution in [0.3, 0.4) is 0 Å². The number of fused-ring (bicyclic) bond motifs is 1. The molecule has 1 aromatic heterocycles. The first kappa shape index (κ1) is 14.1. The number of primary amides is 1. The van der Waals surface area contributed by atoms with Gasteiger partial charge in [0.25, 0.3) is 0 Å². The Bertz CT molecular complexity index is 516. The van der Waals surface area contributed by atoms with E-state index in [-0.39, 0.29) is 23.2 Å². The summed E-state index contributed by atoms with van der Waals surface area (Å²) in [4.78, 5) is 21.5. The summed E-state index contributed by atoms with van der Waals surface area (Å²) in [6, 6.07) is 0. The molecule has 1 aromatic rings. The first-order valence-corrected chi connectivity index (χ1v) is 6.75. The topological polar surface area (TPSA) is 72.1 Å². The lowest BCUT2D eigenvalue weighted by atomic mass is 9.76. The maximum absolute atomic E-state index is 11.1. The fourth-order valence-electron chi connectivity index (χ4n) is 2.69. The summed E-state index contributed by atoms with van der Waals surface area (Å²) < 4.78 is 0. The number of carbonyl (C=O) groups is 1. The van der Waals surface area contributed by atoms with Crippen molar-refractivity contribution in [1.82, 2.24) is 9.97 Å². The molecule has 0 spiro atoms. The minimum atomic E-state index is -0.388. The van der Waals surface area contributed by atoms with Gasteiger partial charge in [0.1, 0.15) is 5.82 Å². The first-order chi connectivity index (χ1) is 8.81. The quantitative estimate of drug-likeness (QED) is 0.856. The molecule has 2 rings (SSSR count). The van der Waals surface area contributed by atoms with Crippen molar-refractivity contribution in [2.45, 2.75) is 38.5 Å². The van der Waals surface area contributed by atoms with Crippen LogP contribution in [0.5, 0.6) is 0 Å². The molecule has 6 heteroatoms. The van der Waals surface area contributed by atoms with E-state index in [4.69, 9.17) is 17.3 Å². The van der Waals surface area contributed by atoms with Crippen LogP contribution in [0.15, 0.2) is 0 Å². The predicted octanol–water partition coefficient (Wildman–Crippen LogP) is 1.67. The summed E-state index contributed by atoms with van der Waals surface area (Å²) in [5.41, 5.74) is 7.31. The molecule has 1 heterocycles. The highest BCUT2D eigenvalue weighted by Crippen LogP contribution is 2.39. The summed E-state index contributed by atoms with van der Waals surface area (Å²) in [5, 5.41) is 0.222. The molecule has 0 fully saturated rings. The lowest BCUT2D eigenvalue weighted by molar-refractivity contribution is -0.116. The molecule has 1 aliphatic carbocycles. The highest BCUT2D eigenvalue weighted by molar-refractivity contribution is 6.28. The van der Waals surface area contributed by atoms with Crippen LogP contribution in [0.1, 0.15) is 37.9 Å². The molecule has 0 saturated heterocycles. The third-order valence-corrected chi connectivity index (χ3v) is 3.75. The highest BCUT2D eigenvalue weighted by atomic mass is 35.5. The van der Waals surface area contributed by atoms with Gasteiger partial charge in [0, 0.05) is 18.0 Å². The average molecular weight is 283 g/mol. The predicted molar refractivity (Wildman–Crippen MR) is 75.5 cm³/mol. The van der Waals surface area contributed by atoms with Gasteiger partial charge in [0.2, 0.25) is 11.2 Å². The summed E-state index contributed by atoms with van der Waals surface area (Å²) in [5.74, 6) is 0.336. The zero-order valence-corrected chi connectivity index (χ0v) is 12.3. The van der Waals surface area contributed by atoms with Crippen LogP contribution in [0.2, 0.25) is 5.28 Å². The van der Waals surface area contributed by atoms with Gasteiger partial charge in [-0.15, -0.1) is 0 Å². The zero-order chi connectivity index (χ0) is 14.2. The molecule has 0 saturated carbocycles. The van der Waals surface area contributed by atoms with Gasteiger partial charge in [-0.2, -0.15) is 0 Å². The van der Waals surface area contributed by atoms with Gasteiger partial charge in [-0.1, -0.05) is 13.8 Å². The molecule has 0 atom stereocenters. The van der Waals surface area contributed by atoms with Crippen molar-refractivity contribution >= 4 is 23.3 Å². The van der Waals surface area contributed by atoms with Crippen LogP contribution in [0.4, 0.5) is 5.82 Å². The average Bonchev–Trinajstić information content (AvgIpc) is 2.28. The van der Waals surface area contributed by atoms with Gasteiger partial charge in [0.05, 0.1) is 12.2 Å². The van der Waals surface area contributed by atoms with E-state index in [0.29, 0.717) is 0 Å². The molecule has 0 bridgehead atoms. The molecular weight excluding hydrogens is 264 g/mol. The maximum atomic E-state index is 11.1. The van der Waals surface area contributed by atoms with E-state index in [2.05, 4.69) is 23.8 Å². The van der Waals surface area contributed by atoms with Gasteiger partial charge in [-0.05, 0) is 30.9 Å². The molecule has 0 aliphatic heterocycles. The van der Waals surface area contributed by atoms with E-state index in [1.165, 1.54) is 0 Å². The number of carbonyl (C=O) groups excluding carboxylic acids is 1. The van der Waals surface area contributed by atoms with Gasteiger partial charge in [0.15, 0.2) is 0 Å². The summed E-state index contributed by atoms with van der Waals surface area (Å²) in [6.45, 7) is 4.44. The number of anilines is 1. The van der Waals surface area contributed by atoms with Gasteiger partial charge in [-0.25, -0.2) is 9.97 Å². The van der Waals surface area contributed by atoms with Crippen molar-refractivity contribution < 1.29 is 4.79 Å². The number of likely N-dealkylation sites (N-methyl/N-ethyl adjacent to an activating group) is 1. The Morgan fingerprint density at radius 3 is 2.79 bits per heavy atom. The molecule has 2 N–H and O–H groups in total. The SMILES string of the molecule is CN(CC(N)=O)c1nc(Cl)nc2c1CCCC2(C)C. The van der Waals surface area contributed by atoms with E-state index in [1.54, 1.807) is 11.9 Å². The van der Waals surface area contributed by atoms with Crippen molar-refractivity contribution in [1.29, 1.82) is 0 Å². The molecule has 0 radical (unpaired) electrons. The largest absolute Gasteiger partial charge is 0.368 e. The number of nitrogens with zero attached hydrogens (tertiary/aromatic N) is 3. The molecule has 104 valence electrons. The Labute approximate surface area is 118 Å². The lowest BCUT2D eigenvalue weighted by Crippen LogP contribution is -2.34. The lowest BCUT2D eigenvalue weighted by Gasteiger charge is -2.33. The van der Waals surface area contributed by atoms with Crippen molar-refractivity contribution in [2.24, 2.45) is 5.73 Å². The van der Waals surface area contributed by atoms with Gasteiger partial charge < -0.3 is 10.6 Å². The fourth-order valence-corrected chi connectivity index (χ4v) is 2.85. The number of amides is 1. The van der Waals surface area contributed by atoms with E-state index >= 15 is 0 Å². The fraction of sp³-hybridized carbons (Fsp3) is 0.615. The number of aromatic nitrogens is 2. The molecule has 5 nitrogen and oxygen atoms in total. The van der Waals surface area contributed by atoms with E-state index < -0.39 is 0 Å². The third-order valence-electron chi connectivity index (χ3n) is 3.58. The van der Waals surface area contributed by atoms with E-state index in [0.717, 1.165) is 36.3 Å². The van der Waals surface area contributed by atoms with Crippen LogP contribution >= 0.6 is 11.6 Å². The Morgan fingerprint density at radius 1 is 1.47 bits per heavy atom. The van der Waals surface area contributed by atoms with Crippen LogP contribution in [-0.4, -0.2) is 29.5 Å². The van der Waals surface area contributed by atoms with E-state index in [9.17, 15) is 4.79 Å². The van der Waals surface area contributed by atoms with Gasteiger partial charge in [-0.3, -0.25) is 4.79 Å². The molecule has 0 aromatic carbocycles. The molecule has 19 heavy (non-hydrogen) atoms. The Morgan fingerprint density at radius 2 is 2.16 bits per heavy atom. The number of hydrogen-bond donors (Lipinski definition) is 1. The van der Waals surface area contributed by atoms with Gasteiger partial charge >= 0.3 is 0 Å². The monoisotopic (exact) mass is 282 g/mol. The van der Waals surface area contributed by atoms with Crippen LogP contribution in [0, 0.1) is 0 Å². The minimum absolute atomic E-state index is 0.0114. The minimum Gasteiger partial charge on any atom is -0.368 e. The molecule has 0 unspecified atom stereocenters. The van der Waals surface area contributed by atoms with Crippen molar-refractivity contribution in [3.8, 4) is 0 Å². The number of rotatable bonds is 3. The van der Waals surface area contributed by atoms with Crippen molar-refractivity contribution in [3.63, 3.8) is 0 Å². The standard InChI is InChI=1S/C13H19ClN4O/c1-13(2)6-4-5-8-10(13)16-12(14)17-11(8)18(3)7-9(15)19/h4-7H2,1-3H3,(H2,15,19). The van der Waals surface area contributed by atoms with Crippen molar-refractivity contribution in [3.05, 3.63) is 16.5 Å². The van der Waals surface area contributed by atoms with Crippen LogP contribution in [0.25, 0.3) is 0 Å². The first-order valence-electron chi connectivity index (χ1n) is 6.37. The second kappa shape index (κ2) is 4.96. The van der Waals surface area contributed by atoms with Crippen LogP contribution < -0.4 is 10.6 Å². The molecular formula is C13H19ClN4O. The smallest absolute Gasteiger partial charge is 0.236 e. The Hall–Kier alpha value is -1.36. The second-order valence-corrected chi connectivity index (χ2v) is 6.04. The zero-order valence-electron chi connectivity index (χ0n) is 11.5. The van der Waals surface area contributed by atoms with Crippen LogP contribution in [-0.2, 0) is 16.6 Å². The Kier molecular flexibility index (Phi) is 3.67. The number of hydrogen-bond acceptors (Lipinski definition) is 4. The Balaban J connectivity index is 2.50. The summed E-state index contributed by atoms with van der Waals surface area (Å²) in [7, 11) is 1.80. The van der Waals surface area contributed by atoms with Crippen molar-refractivity contribution in [2.75, 3.05) is 18.5 Å². The molecule has 1 aliphatic rings.